The molecule has 4 heteroatoms. The predicted molar refractivity (Wildman–Crippen MR) is 103 cm³/mol. The van der Waals surface area contributed by atoms with Crippen LogP contribution in [-0.4, -0.2) is 35.6 Å². The van der Waals surface area contributed by atoms with Crippen molar-refractivity contribution in [3.05, 3.63) is 65.9 Å². The maximum atomic E-state index is 3.43. The van der Waals surface area contributed by atoms with Crippen LogP contribution in [-0.2, 0) is 6.54 Å². The smallest absolute Gasteiger partial charge is 0.0531 e. The van der Waals surface area contributed by atoms with Gasteiger partial charge in [-0.25, -0.2) is 0 Å². The number of hydrogen-bond donors (Lipinski definition) is 1. The van der Waals surface area contributed by atoms with Crippen LogP contribution in [0.15, 0.2) is 54.7 Å². The second-order valence-corrected chi connectivity index (χ2v) is 6.40. The van der Waals surface area contributed by atoms with E-state index in [0.29, 0.717) is 0 Å². The first-order chi connectivity index (χ1) is 11.3. The molecule has 126 valence electrons. The third-order valence-corrected chi connectivity index (χ3v) is 4.71. The lowest BCUT2D eigenvalue weighted by Crippen LogP contribution is -2.42. The summed E-state index contributed by atoms with van der Waals surface area (Å²) in [5.74, 6) is 0. The SMILES string of the molecule is Cc1ccc(-n2cc(CN3CCNCC3)c3ccccc32)cc1.Cl. The summed E-state index contributed by atoms with van der Waals surface area (Å²) in [7, 11) is 0. The Hall–Kier alpha value is -1.81. The minimum absolute atomic E-state index is 0. The van der Waals surface area contributed by atoms with E-state index >= 15 is 0 Å². The fraction of sp³-hybridized carbons (Fsp3) is 0.300. The van der Waals surface area contributed by atoms with E-state index in [4.69, 9.17) is 0 Å². The van der Waals surface area contributed by atoms with Crippen LogP contribution in [0, 0.1) is 6.92 Å². The summed E-state index contributed by atoms with van der Waals surface area (Å²) in [6.45, 7) is 7.61. The number of aryl methyl sites for hydroxylation is 1. The van der Waals surface area contributed by atoms with Gasteiger partial charge in [0.15, 0.2) is 0 Å². The van der Waals surface area contributed by atoms with Gasteiger partial charge in [-0.05, 0) is 30.7 Å². The normalized spacial score (nSPS) is 15.4. The third kappa shape index (κ3) is 3.34. The lowest BCUT2D eigenvalue weighted by Gasteiger charge is -2.26. The Balaban J connectivity index is 0.00000169. The van der Waals surface area contributed by atoms with E-state index in [9.17, 15) is 0 Å². The zero-order valence-electron chi connectivity index (χ0n) is 14.0. The van der Waals surface area contributed by atoms with E-state index in [1.165, 1.54) is 27.7 Å². The molecule has 3 aromatic rings. The molecule has 0 bridgehead atoms. The van der Waals surface area contributed by atoms with Gasteiger partial charge in [-0.2, -0.15) is 0 Å². The van der Waals surface area contributed by atoms with E-state index in [-0.39, 0.29) is 12.4 Å². The molecule has 1 saturated heterocycles. The average molecular weight is 342 g/mol. The molecule has 0 aliphatic carbocycles. The van der Waals surface area contributed by atoms with Crippen molar-refractivity contribution in [3.63, 3.8) is 0 Å². The average Bonchev–Trinajstić information content (AvgIpc) is 2.95. The zero-order chi connectivity index (χ0) is 15.6. The quantitative estimate of drug-likeness (QED) is 0.782. The summed E-state index contributed by atoms with van der Waals surface area (Å²) in [6, 6.07) is 17.5. The van der Waals surface area contributed by atoms with E-state index in [0.717, 1.165) is 32.7 Å². The summed E-state index contributed by atoms with van der Waals surface area (Å²) in [6.07, 6.45) is 2.32. The molecule has 4 rings (SSSR count). The minimum Gasteiger partial charge on any atom is -0.316 e. The molecule has 2 aromatic carbocycles. The first-order valence-corrected chi connectivity index (χ1v) is 8.40. The van der Waals surface area contributed by atoms with Crippen molar-refractivity contribution in [1.82, 2.24) is 14.8 Å². The molecule has 0 atom stereocenters. The second-order valence-electron chi connectivity index (χ2n) is 6.40. The third-order valence-electron chi connectivity index (χ3n) is 4.71. The fourth-order valence-electron chi connectivity index (χ4n) is 3.41. The van der Waals surface area contributed by atoms with Gasteiger partial charge in [0.25, 0.3) is 0 Å². The topological polar surface area (TPSA) is 20.2 Å². The molecule has 1 aromatic heterocycles. The van der Waals surface area contributed by atoms with Crippen LogP contribution in [0.3, 0.4) is 0 Å². The summed E-state index contributed by atoms with van der Waals surface area (Å²) < 4.78 is 2.33. The van der Waals surface area contributed by atoms with Gasteiger partial charge in [-0.15, -0.1) is 12.4 Å². The van der Waals surface area contributed by atoms with Crippen LogP contribution in [0.5, 0.6) is 0 Å². The van der Waals surface area contributed by atoms with Crippen molar-refractivity contribution >= 4 is 23.3 Å². The largest absolute Gasteiger partial charge is 0.316 e. The van der Waals surface area contributed by atoms with Gasteiger partial charge < -0.3 is 9.88 Å². The van der Waals surface area contributed by atoms with E-state index in [2.05, 4.69) is 76.4 Å². The second kappa shape index (κ2) is 7.39. The van der Waals surface area contributed by atoms with Gasteiger partial charge in [0.2, 0.25) is 0 Å². The van der Waals surface area contributed by atoms with Gasteiger partial charge in [-0.1, -0.05) is 35.9 Å². The molecule has 0 radical (unpaired) electrons. The number of aromatic nitrogens is 1. The van der Waals surface area contributed by atoms with Gasteiger partial charge >= 0.3 is 0 Å². The number of nitrogens with zero attached hydrogens (tertiary/aromatic N) is 2. The number of rotatable bonds is 3. The summed E-state index contributed by atoms with van der Waals surface area (Å²) in [5, 5.41) is 4.79. The Bertz CT molecular complexity index is 801. The molecule has 0 spiro atoms. The summed E-state index contributed by atoms with van der Waals surface area (Å²) in [4.78, 5) is 2.54. The maximum absolute atomic E-state index is 3.43. The molecule has 0 saturated carbocycles. The Labute approximate surface area is 149 Å². The van der Waals surface area contributed by atoms with Gasteiger partial charge in [0, 0.05) is 50.0 Å². The Morgan fingerprint density at radius 1 is 0.958 bits per heavy atom. The van der Waals surface area contributed by atoms with Crippen LogP contribution in [0.4, 0.5) is 0 Å². The highest BCUT2D eigenvalue weighted by molar-refractivity contribution is 5.86. The number of para-hydroxylation sites is 1. The molecule has 1 N–H and O–H groups in total. The Kier molecular flexibility index (Phi) is 5.24. The van der Waals surface area contributed by atoms with Crippen molar-refractivity contribution in [3.8, 4) is 5.69 Å². The first-order valence-electron chi connectivity index (χ1n) is 8.40. The van der Waals surface area contributed by atoms with Gasteiger partial charge in [-0.3, -0.25) is 4.90 Å². The number of halogens is 1. The number of nitrogens with one attached hydrogen (secondary N) is 1. The highest BCUT2D eigenvalue weighted by Gasteiger charge is 2.14. The van der Waals surface area contributed by atoms with Gasteiger partial charge in [0.1, 0.15) is 0 Å². The van der Waals surface area contributed by atoms with Crippen LogP contribution in [0.2, 0.25) is 0 Å². The van der Waals surface area contributed by atoms with Gasteiger partial charge in [0.05, 0.1) is 5.52 Å². The molecule has 2 heterocycles. The molecule has 0 amide bonds. The van der Waals surface area contributed by atoms with E-state index < -0.39 is 0 Å². The fourth-order valence-corrected chi connectivity index (χ4v) is 3.41. The van der Waals surface area contributed by atoms with Crippen LogP contribution < -0.4 is 5.32 Å². The summed E-state index contributed by atoms with van der Waals surface area (Å²) in [5.41, 5.74) is 5.24. The van der Waals surface area contributed by atoms with Crippen molar-refractivity contribution in [2.24, 2.45) is 0 Å². The molecule has 1 aliphatic rings. The minimum atomic E-state index is 0. The molecular formula is C20H24ClN3. The maximum Gasteiger partial charge on any atom is 0.0531 e. The molecule has 0 unspecified atom stereocenters. The Morgan fingerprint density at radius 2 is 1.67 bits per heavy atom. The molecule has 1 fully saturated rings. The van der Waals surface area contributed by atoms with Crippen molar-refractivity contribution in [1.29, 1.82) is 0 Å². The Morgan fingerprint density at radius 3 is 2.42 bits per heavy atom. The van der Waals surface area contributed by atoms with E-state index in [1.807, 2.05) is 0 Å². The summed E-state index contributed by atoms with van der Waals surface area (Å²) >= 11 is 0. The first kappa shape index (κ1) is 17.0. The number of piperazine rings is 1. The monoisotopic (exact) mass is 341 g/mol. The number of benzene rings is 2. The van der Waals surface area contributed by atoms with E-state index in [1.54, 1.807) is 0 Å². The highest BCUT2D eigenvalue weighted by atomic mass is 35.5. The standard InChI is InChI=1S/C20H23N3.ClH/c1-16-6-8-18(9-7-16)23-15-17(14-22-12-10-21-11-13-22)19-4-2-3-5-20(19)23;/h2-9,15,21H,10-14H2,1H3;1H. The highest BCUT2D eigenvalue weighted by Crippen LogP contribution is 2.26. The van der Waals surface area contributed by atoms with Crippen LogP contribution in [0.1, 0.15) is 11.1 Å². The molecule has 3 nitrogen and oxygen atoms in total. The van der Waals surface area contributed by atoms with Crippen molar-refractivity contribution in [2.75, 3.05) is 26.2 Å². The van der Waals surface area contributed by atoms with Crippen molar-refractivity contribution < 1.29 is 0 Å². The number of fused-ring (bicyclic) bond motifs is 1. The van der Waals surface area contributed by atoms with Crippen molar-refractivity contribution in [2.45, 2.75) is 13.5 Å². The van der Waals surface area contributed by atoms with Crippen LogP contribution >= 0.6 is 12.4 Å². The molecular weight excluding hydrogens is 318 g/mol. The molecule has 24 heavy (non-hydrogen) atoms. The number of hydrogen-bond acceptors (Lipinski definition) is 2. The van der Waals surface area contributed by atoms with Crippen LogP contribution in [0.25, 0.3) is 16.6 Å². The lowest BCUT2D eigenvalue weighted by molar-refractivity contribution is 0.234. The predicted octanol–water partition coefficient (Wildman–Crippen LogP) is 3.77. The lowest BCUT2D eigenvalue weighted by atomic mass is 10.1. The molecule has 1 aliphatic heterocycles. The zero-order valence-corrected chi connectivity index (χ0v) is 14.9.